The smallest absolute Gasteiger partial charge is 0.0737 e. The highest BCUT2D eigenvalue weighted by molar-refractivity contribution is 8.27. The Morgan fingerprint density at radius 2 is 2.07 bits per heavy atom. The van der Waals surface area contributed by atoms with Crippen molar-refractivity contribution in [3.8, 4) is 0 Å². The van der Waals surface area contributed by atoms with Crippen LogP contribution in [0.15, 0.2) is 35.1 Å². The van der Waals surface area contributed by atoms with Crippen molar-refractivity contribution >= 4 is 32.0 Å². The molecule has 2 nitrogen and oxygen atoms in total. The summed E-state index contributed by atoms with van der Waals surface area (Å²) in [6, 6.07) is 8.35. The van der Waals surface area contributed by atoms with E-state index in [-0.39, 0.29) is 10.5 Å². The van der Waals surface area contributed by atoms with E-state index in [2.05, 4.69) is 28.9 Å². The third-order valence-electron chi connectivity index (χ3n) is 2.57. The van der Waals surface area contributed by atoms with Crippen LogP contribution in [0.1, 0.15) is 5.56 Å². The van der Waals surface area contributed by atoms with Crippen molar-refractivity contribution in [3.05, 3.63) is 40.6 Å². The first-order valence-corrected chi connectivity index (χ1v) is 7.63. The third-order valence-corrected chi connectivity index (χ3v) is 6.47. The van der Waals surface area contributed by atoms with Crippen LogP contribution in [0.25, 0.3) is 0 Å². The maximum absolute atomic E-state index is 11.3. The van der Waals surface area contributed by atoms with Gasteiger partial charge in [-0.2, -0.15) is 0 Å². The Morgan fingerprint density at radius 3 is 2.80 bits per heavy atom. The average Bonchev–Trinajstić information content (AvgIpc) is 2.82. The fraction of sp³-hybridized carbons (Fsp3) is 0.182. The number of hydrogen-bond acceptors (Lipinski definition) is 1. The summed E-state index contributed by atoms with van der Waals surface area (Å²) in [5.41, 5.74) is 2.57. The van der Waals surface area contributed by atoms with Crippen molar-refractivity contribution in [1.29, 1.82) is 0 Å². The highest BCUT2D eigenvalue weighted by atomic mass is 32.2. The van der Waals surface area contributed by atoms with E-state index in [0.717, 1.165) is 11.5 Å². The largest absolute Gasteiger partial charge is 0.353 e. The number of rotatable bonds is 0. The van der Waals surface area contributed by atoms with Crippen LogP contribution in [0.2, 0.25) is 0 Å². The van der Waals surface area contributed by atoms with Crippen molar-refractivity contribution in [2.75, 3.05) is 10.4 Å². The van der Waals surface area contributed by atoms with Crippen molar-refractivity contribution in [1.82, 2.24) is 0 Å². The minimum absolute atomic E-state index is 0.0659. The van der Waals surface area contributed by atoms with Gasteiger partial charge >= 0.3 is 0 Å². The molecular weight excluding hydrogens is 226 g/mol. The molecule has 1 aromatic carbocycles. The third kappa shape index (κ3) is 1.68. The average molecular weight is 237 g/mol. The van der Waals surface area contributed by atoms with E-state index in [0.29, 0.717) is 0 Å². The van der Waals surface area contributed by atoms with Gasteiger partial charge in [-0.05, 0) is 17.0 Å². The van der Waals surface area contributed by atoms with Gasteiger partial charge in [0.25, 0.3) is 0 Å². The number of anilines is 1. The molecule has 15 heavy (non-hydrogen) atoms. The first kappa shape index (κ1) is 9.36. The zero-order chi connectivity index (χ0) is 10.3. The molecule has 0 bridgehead atoms. The van der Waals surface area contributed by atoms with Crippen molar-refractivity contribution in [2.24, 2.45) is 0 Å². The van der Waals surface area contributed by atoms with Crippen LogP contribution in [-0.4, -0.2) is 14.3 Å². The number of hydrogen-bond donors (Lipinski definition) is 1. The van der Waals surface area contributed by atoms with E-state index in [1.165, 1.54) is 16.2 Å². The van der Waals surface area contributed by atoms with Crippen LogP contribution in [0.5, 0.6) is 0 Å². The quantitative estimate of drug-likeness (QED) is 0.701. The zero-order valence-electron chi connectivity index (χ0n) is 8.10. The molecule has 1 aromatic rings. The van der Waals surface area contributed by atoms with E-state index in [1.807, 2.05) is 11.5 Å². The van der Waals surface area contributed by atoms with Crippen LogP contribution < -0.4 is 5.32 Å². The SMILES string of the molecule is O=S1C=CS(=C2Cc3ccccc3N2)C1. The summed E-state index contributed by atoms with van der Waals surface area (Å²) in [7, 11) is -0.677. The second kappa shape index (κ2) is 3.61. The molecule has 2 unspecified atom stereocenters. The number of fused-ring (bicyclic) bond motifs is 1. The lowest BCUT2D eigenvalue weighted by atomic mass is 10.2. The maximum atomic E-state index is 11.3. The first-order chi connectivity index (χ1) is 7.33. The van der Waals surface area contributed by atoms with Gasteiger partial charge in [-0.25, -0.2) is 0 Å². The van der Waals surface area contributed by atoms with E-state index in [1.54, 1.807) is 0 Å². The van der Waals surface area contributed by atoms with Gasteiger partial charge in [0.1, 0.15) is 0 Å². The van der Waals surface area contributed by atoms with E-state index < -0.39 is 10.8 Å². The second-order valence-corrected chi connectivity index (χ2v) is 7.18. The Labute approximate surface area is 93.8 Å². The lowest BCUT2D eigenvalue weighted by Crippen LogP contribution is -2.06. The maximum Gasteiger partial charge on any atom is 0.0737 e. The highest BCUT2D eigenvalue weighted by Crippen LogP contribution is 2.32. The van der Waals surface area contributed by atoms with E-state index in [9.17, 15) is 4.21 Å². The minimum Gasteiger partial charge on any atom is -0.353 e. The van der Waals surface area contributed by atoms with Gasteiger partial charge < -0.3 is 5.32 Å². The molecule has 3 rings (SSSR count). The van der Waals surface area contributed by atoms with Gasteiger partial charge in [-0.15, -0.1) is 10.5 Å². The van der Waals surface area contributed by atoms with Crippen LogP contribution in [-0.2, 0) is 17.2 Å². The van der Waals surface area contributed by atoms with Gasteiger partial charge in [-0.1, -0.05) is 18.2 Å². The Kier molecular flexibility index (Phi) is 2.25. The molecule has 0 fully saturated rings. The van der Waals surface area contributed by atoms with E-state index >= 15 is 0 Å². The van der Waals surface area contributed by atoms with Gasteiger partial charge in [0.2, 0.25) is 0 Å². The van der Waals surface area contributed by atoms with Crippen LogP contribution in [0.3, 0.4) is 0 Å². The molecule has 0 aromatic heterocycles. The highest BCUT2D eigenvalue weighted by Gasteiger charge is 2.18. The molecule has 0 amide bonds. The van der Waals surface area contributed by atoms with Crippen molar-refractivity contribution in [3.63, 3.8) is 0 Å². The molecule has 2 heterocycles. The van der Waals surface area contributed by atoms with Crippen molar-refractivity contribution in [2.45, 2.75) is 6.42 Å². The predicted molar refractivity (Wildman–Crippen MR) is 68.5 cm³/mol. The number of nitrogens with one attached hydrogen (secondary N) is 1. The van der Waals surface area contributed by atoms with Crippen LogP contribution in [0.4, 0.5) is 5.69 Å². The number of benzene rings is 1. The Bertz CT molecular complexity index is 478. The molecule has 2 atom stereocenters. The molecule has 2 aliphatic heterocycles. The summed E-state index contributed by atoms with van der Waals surface area (Å²) in [6.07, 6.45) is 0.987. The normalized spacial score (nSPS) is 30.3. The molecule has 0 saturated carbocycles. The van der Waals surface area contributed by atoms with Crippen molar-refractivity contribution < 1.29 is 4.21 Å². The van der Waals surface area contributed by atoms with Gasteiger partial charge in [0.15, 0.2) is 0 Å². The van der Waals surface area contributed by atoms with Crippen LogP contribution >= 0.6 is 10.5 Å². The molecule has 2 aliphatic rings. The lowest BCUT2D eigenvalue weighted by molar-refractivity contribution is 0.691. The summed E-state index contributed by atoms with van der Waals surface area (Å²) in [5.74, 6) is 0. The topological polar surface area (TPSA) is 29.1 Å². The Morgan fingerprint density at radius 1 is 1.20 bits per heavy atom. The monoisotopic (exact) mass is 237 g/mol. The fourth-order valence-corrected chi connectivity index (χ4v) is 5.79. The second-order valence-electron chi connectivity index (χ2n) is 3.58. The molecule has 0 aliphatic carbocycles. The number of para-hydroxylation sites is 1. The van der Waals surface area contributed by atoms with Gasteiger partial charge in [-0.3, -0.25) is 4.21 Å². The lowest BCUT2D eigenvalue weighted by Gasteiger charge is -2.03. The summed E-state index contributed by atoms with van der Waals surface area (Å²) in [6.45, 7) is 0. The molecule has 78 valence electrons. The Balaban J connectivity index is 1.97. The summed E-state index contributed by atoms with van der Waals surface area (Å²) < 4.78 is 11.3. The minimum atomic E-state index is -0.743. The summed E-state index contributed by atoms with van der Waals surface area (Å²) in [5, 5.41) is 8.12. The predicted octanol–water partition coefficient (Wildman–Crippen LogP) is 2.24. The fourth-order valence-electron chi connectivity index (χ4n) is 1.81. The molecule has 1 N–H and O–H groups in total. The molecule has 0 saturated heterocycles. The van der Waals surface area contributed by atoms with E-state index in [4.69, 9.17) is 0 Å². The van der Waals surface area contributed by atoms with Gasteiger partial charge in [0, 0.05) is 22.5 Å². The Hall–Kier alpha value is -0.870. The van der Waals surface area contributed by atoms with Crippen LogP contribution in [0, 0.1) is 0 Å². The van der Waals surface area contributed by atoms with Gasteiger partial charge in [0.05, 0.1) is 15.9 Å². The molecular formula is C11H11NOS2. The first-order valence-electron chi connectivity index (χ1n) is 4.79. The molecule has 0 spiro atoms. The standard InChI is InChI=1S/C11H11NOS2/c13-15-6-5-14(8-15)11-7-9-3-1-2-4-10(9)12-11/h1-6,12H,7-8H2. The molecule has 0 radical (unpaired) electrons. The zero-order valence-corrected chi connectivity index (χ0v) is 9.74. The summed E-state index contributed by atoms with van der Waals surface area (Å²) >= 11 is 0. The summed E-state index contributed by atoms with van der Waals surface area (Å²) in [4.78, 5) is 1.32. The molecule has 4 heteroatoms.